The van der Waals surface area contributed by atoms with E-state index in [0.717, 1.165) is 9.99 Å². The molecule has 3 rings (SSSR count). The number of aromatic amines is 1. The van der Waals surface area contributed by atoms with Crippen molar-refractivity contribution in [1.82, 2.24) is 4.98 Å². The maximum absolute atomic E-state index is 12.3. The predicted molar refractivity (Wildman–Crippen MR) is 105 cm³/mol. The zero-order chi connectivity index (χ0) is 20.3. The molecule has 2 N–H and O–H groups in total. The number of H-pyrrole nitrogens is 1. The molecule has 144 valence electrons. The molecule has 9 nitrogen and oxygen atoms in total. The van der Waals surface area contributed by atoms with E-state index in [2.05, 4.69) is 26.2 Å². The summed E-state index contributed by atoms with van der Waals surface area (Å²) >= 11 is 3.34. The molecule has 0 aliphatic heterocycles. The Morgan fingerprint density at radius 1 is 1.25 bits per heavy atom. The molecule has 0 bridgehead atoms. The van der Waals surface area contributed by atoms with Crippen molar-refractivity contribution in [2.45, 2.75) is 0 Å². The standard InChI is InChI=1S/C18H14BrN3O6/c1-27-16-7-11(22(25)26)3-5-15(16)21-17(23)9-28-18(24)13-8-20-14-4-2-10(19)6-12(13)14/h2-8,20H,9H2,1H3,(H,21,23). The molecule has 1 heterocycles. The van der Waals surface area contributed by atoms with Gasteiger partial charge in [0.25, 0.3) is 11.6 Å². The first-order valence-corrected chi connectivity index (χ1v) is 8.74. The largest absolute Gasteiger partial charge is 0.494 e. The first-order chi connectivity index (χ1) is 13.4. The van der Waals surface area contributed by atoms with Gasteiger partial charge in [0.05, 0.1) is 29.4 Å². The van der Waals surface area contributed by atoms with Crippen molar-refractivity contribution in [3.8, 4) is 5.75 Å². The van der Waals surface area contributed by atoms with E-state index in [9.17, 15) is 19.7 Å². The summed E-state index contributed by atoms with van der Waals surface area (Å²) in [6, 6.07) is 9.17. The molecular weight excluding hydrogens is 434 g/mol. The maximum atomic E-state index is 12.3. The molecule has 0 fully saturated rings. The van der Waals surface area contributed by atoms with Crippen molar-refractivity contribution < 1.29 is 24.0 Å². The van der Waals surface area contributed by atoms with Gasteiger partial charge >= 0.3 is 5.97 Å². The van der Waals surface area contributed by atoms with E-state index < -0.39 is 23.4 Å². The van der Waals surface area contributed by atoms with Crippen molar-refractivity contribution in [3.63, 3.8) is 0 Å². The molecular formula is C18H14BrN3O6. The second-order valence-corrected chi connectivity index (χ2v) is 6.57. The fourth-order valence-corrected chi connectivity index (χ4v) is 2.91. The Bertz CT molecular complexity index is 1080. The Hall–Kier alpha value is -3.40. The van der Waals surface area contributed by atoms with Crippen molar-refractivity contribution in [2.75, 3.05) is 19.0 Å². The molecule has 0 radical (unpaired) electrons. The molecule has 0 saturated heterocycles. The number of benzene rings is 2. The Kier molecular flexibility index (Phi) is 5.59. The molecule has 10 heteroatoms. The van der Waals surface area contributed by atoms with Crippen LogP contribution < -0.4 is 10.1 Å². The minimum atomic E-state index is -0.657. The van der Waals surface area contributed by atoms with Crippen LogP contribution in [0.4, 0.5) is 11.4 Å². The van der Waals surface area contributed by atoms with E-state index in [0.29, 0.717) is 10.9 Å². The second kappa shape index (κ2) is 8.09. The molecule has 0 atom stereocenters. The van der Waals surface area contributed by atoms with Crippen LogP contribution in [-0.4, -0.2) is 35.5 Å². The Morgan fingerprint density at radius 3 is 2.75 bits per heavy atom. The zero-order valence-corrected chi connectivity index (χ0v) is 16.1. The van der Waals surface area contributed by atoms with Crippen LogP contribution in [0.25, 0.3) is 10.9 Å². The molecule has 0 unspecified atom stereocenters. The summed E-state index contributed by atoms with van der Waals surface area (Å²) in [5.74, 6) is -1.15. The number of hydrogen-bond acceptors (Lipinski definition) is 6. The summed E-state index contributed by atoms with van der Waals surface area (Å²) in [5.41, 5.74) is 1.11. The highest BCUT2D eigenvalue weighted by Crippen LogP contribution is 2.29. The number of ether oxygens (including phenoxy) is 2. The van der Waals surface area contributed by atoms with Crippen molar-refractivity contribution in [3.05, 3.63) is 62.7 Å². The second-order valence-electron chi connectivity index (χ2n) is 5.66. The van der Waals surface area contributed by atoms with E-state index >= 15 is 0 Å². The maximum Gasteiger partial charge on any atom is 0.340 e. The highest BCUT2D eigenvalue weighted by Gasteiger charge is 2.17. The SMILES string of the molecule is COc1cc([N+](=O)[O-])ccc1NC(=O)COC(=O)c1c[nH]c2ccc(Br)cc12. The van der Waals surface area contributed by atoms with Crippen LogP contribution in [0.3, 0.4) is 0 Å². The number of nitrogens with zero attached hydrogens (tertiary/aromatic N) is 1. The van der Waals surface area contributed by atoms with Crippen LogP contribution in [-0.2, 0) is 9.53 Å². The average Bonchev–Trinajstić information content (AvgIpc) is 3.09. The number of fused-ring (bicyclic) bond motifs is 1. The highest BCUT2D eigenvalue weighted by atomic mass is 79.9. The predicted octanol–water partition coefficient (Wildman–Crippen LogP) is 3.64. The summed E-state index contributed by atoms with van der Waals surface area (Å²) in [4.78, 5) is 37.6. The van der Waals surface area contributed by atoms with E-state index in [1.165, 1.54) is 31.5 Å². The van der Waals surface area contributed by atoms with Gasteiger partial charge < -0.3 is 19.8 Å². The number of amides is 1. The van der Waals surface area contributed by atoms with Crippen molar-refractivity contribution >= 4 is 50.1 Å². The van der Waals surface area contributed by atoms with Crippen LogP contribution in [0, 0.1) is 10.1 Å². The molecule has 0 saturated carbocycles. The number of halogens is 1. The van der Waals surface area contributed by atoms with E-state index in [1.54, 1.807) is 6.07 Å². The lowest BCUT2D eigenvalue weighted by Crippen LogP contribution is -2.21. The lowest BCUT2D eigenvalue weighted by molar-refractivity contribution is -0.384. The summed E-state index contributed by atoms with van der Waals surface area (Å²) < 4.78 is 10.9. The third kappa shape index (κ3) is 4.12. The van der Waals surface area contributed by atoms with Crippen LogP contribution in [0.15, 0.2) is 47.1 Å². The minimum absolute atomic E-state index is 0.121. The Morgan fingerprint density at radius 2 is 2.04 bits per heavy atom. The van der Waals surface area contributed by atoms with Gasteiger partial charge in [-0.2, -0.15) is 0 Å². The number of nitro groups is 1. The van der Waals surface area contributed by atoms with Crippen LogP contribution in [0.1, 0.15) is 10.4 Å². The molecule has 1 amide bonds. The topological polar surface area (TPSA) is 124 Å². The van der Waals surface area contributed by atoms with Crippen molar-refractivity contribution in [2.24, 2.45) is 0 Å². The molecule has 3 aromatic rings. The van der Waals surface area contributed by atoms with Gasteiger partial charge in [0, 0.05) is 27.6 Å². The number of carbonyl (C=O) groups excluding carboxylic acids is 2. The van der Waals surface area contributed by atoms with Gasteiger partial charge in [0.1, 0.15) is 5.75 Å². The van der Waals surface area contributed by atoms with Crippen molar-refractivity contribution in [1.29, 1.82) is 0 Å². The lowest BCUT2D eigenvalue weighted by Gasteiger charge is -2.10. The number of aromatic nitrogens is 1. The molecule has 1 aromatic heterocycles. The highest BCUT2D eigenvalue weighted by molar-refractivity contribution is 9.10. The van der Waals surface area contributed by atoms with Crippen LogP contribution in [0.2, 0.25) is 0 Å². The molecule has 0 aliphatic rings. The molecule has 0 spiro atoms. The molecule has 28 heavy (non-hydrogen) atoms. The van der Waals surface area contributed by atoms with Gasteiger partial charge in [-0.3, -0.25) is 14.9 Å². The molecule has 0 aliphatic carbocycles. The number of rotatable bonds is 6. The first kappa shape index (κ1) is 19.4. The van der Waals surface area contributed by atoms with Gasteiger partial charge in [0.2, 0.25) is 0 Å². The Labute approximate surface area is 166 Å². The number of carbonyl (C=O) groups is 2. The van der Waals surface area contributed by atoms with Crippen LogP contribution in [0.5, 0.6) is 5.75 Å². The van der Waals surface area contributed by atoms with Gasteiger partial charge in [-0.15, -0.1) is 0 Å². The summed E-state index contributed by atoms with van der Waals surface area (Å²) in [5, 5.41) is 14.0. The van der Waals surface area contributed by atoms with Gasteiger partial charge in [-0.25, -0.2) is 4.79 Å². The Balaban J connectivity index is 1.66. The number of nitrogens with one attached hydrogen (secondary N) is 2. The number of hydrogen-bond donors (Lipinski definition) is 2. The van der Waals surface area contributed by atoms with Gasteiger partial charge in [-0.1, -0.05) is 15.9 Å². The number of nitro benzene ring substituents is 1. The monoisotopic (exact) mass is 447 g/mol. The summed E-state index contributed by atoms with van der Waals surface area (Å²) in [7, 11) is 1.32. The zero-order valence-electron chi connectivity index (χ0n) is 14.5. The normalized spacial score (nSPS) is 10.5. The quantitative estimate of drug-likeness (QED) is 0.337. The smallest absolute Gasteiger partial charge is 0.340 e. The average molecular weight is 448 g/mol. The third-order valence-corrected chi connectivity index (χ3v) is 4.36. The number of methoxy groups -OCH3 is 1. The van der Waals surface area contributed by atoms with E-state index in [4.69, 9.17) is 9.47 Å². The summed E-state index contributed by atoms with van der Waals surface area (Å²) in [6.45, 7) is -0.528. The van der Waals surface area contributed by atoms with Crippen LogP contribution >= 0.6 is 15.9 Å². The van der Waals surface area contributed by atoms with Gasteiger partial charge in [-0.05, 0) is 24.3 Å². The number of anilines is 1. The lowest BCUT2D eigenvalue weighted by atomic mass is 10.2. The van der Waals surface area contributed by atoms with E-state index in [-0.39, 0.29) is 17.1 Å². The first-order valence-electron chi connectivity index (χ1n) is 7.95. The van der Waals surface area contributed by atoms with E-state index in [1.807, 2.05) is 12.1 Å². The summed E-state index contributed by atoms with van der Waals surface area (Å²) in [6.07, 6.45) is 1.51. The van der Waals surface area contributed by atoms with Gasteiger partial charge in [0.15, 0.2) is 6.61 Å². The third-order valence-electron chi connectivity index (χ3n) is 3.87. The fourth-order valence-electron chi connectivity index (χ4n) is 2.55. The fraction of sp³-hybridized carbons (Fsp3) is 0.111. The number of non-ortho nitro benzene ring substituents is 1. The number of esters is 1. The molecule has 2 aromatic carbocycles. The minimum Gasteiger partial charge on any atom is -0.494 e.